The van der Waals surface area contributed by atoms with Crippen molar-refractivity contribution in [1.29, 1.82) is 0 Å². The molecule has 1 aromatic rings. The van der Waals surface area contributed by atoms with Gasteiger partial charge in [0.1, 0.15) is 6.61 Å². The molecule has 5 nitrogen and oxygen atoms in total. The number of rotatable bonds is 5. The summed E-state index contributed by atoms with van der Waals surface area (Å²) in [5.41, 5.74) is 0.527. The van der Waals surface area contributed by atoms with Gasteiger partial charge in [-0.3, -0.25) is 14.9 Å². The summed E-state index contributed by atoms with van der Waals surface area (Å²) >= 11 is 0. The van der Waals surface area contributed by atoms with E-state index in [1.165, 1.54) is 18.2 Å². The fourth-order valence-corrected chi connectivity index (χ4v) is 1.31. The highest BCUT2D eigenvalue weighted by Crippen LogP contribution is 2.21. The van der Waals surface area contributed by atoms with Crippen molar-refractivity contribution in [3.63, 3.8) is 0 Å². The van der Waals surface area contributed by atoms with Gasteiger partial charge in [-0.2, -0.15) is 0 Å². The van der Waals surface area contributed by atoms with E-state index in [1.807, 2.05) is 0 Å². The van der Waals surface area contributed by atoms with E-state index in [1.54, 1.807) is 19.1 Å². The van der Waals surface area contributed by atoms with Crippen LogP contribution < -0.4 is 0 Å². The Labute approximate surface area is 98.9 Å². The summed E-state index contributed by atoms with van der Waals surface area (Å²) in [6.07, 6.45) is 1.47. The predicted molar refractivity (Wildman–Crippen MR) is 62.7 cm³/mol. The van der Waals surface area contributed by atoms with E-state index in [0.717, 1.165) is 0 Å². The summed E-state index contributed by atoms with van der Waals surface area (Å²) in [7, 11) is 0. The highest BCUT2D eigenvalue weighted by atomic mass is 16.6. The molecule has 0 aliphatic rings. The van der Waals surface area contributed by atoms with Gasteiger partial charge in [0.25, 0.3) is 5.69 Å². The van der Waals surface area contributed by atoms with Crippen molar-refractivity contribution in [3.05, 3.63) is 52.6 Å². The maximum atomic E-state index is 11.5. The summed E-state index contributed by atoms with van der Waals surface area (Å²) < 4.78 is 4.88. The van der Waals surface area contributed by atoms with Gasteiger partial charge < -0.3 is 4.74 Å². The van der Waals surface area contributed by atoms with E-state index >= 15 is 0 Å². The van der Waals surface area contributed by atoms with Crippen LogP contribution in [0.4, 0.5) is 5.69 Å². The molecule has 1 aromatic carbocycles. The number of ether oxygens (including phenoxy) is 1. The average molecular weight is 235 g/mol. The van der Waals surface area contributed by atoms with Crippen LogP contribution in [0.3, 0.4) is 0 Å². The smallest absolute Gasteiger partial charge is 0.313 e. The number of carbonyl (C=O) groups excluding carboxylic acids is 1. The first-order valence-electron chi connectivity index (χ1n) is 5.08. The van der Waals surface area contributed by atoms with Gasteiger partial charge in [-0.05, 0) is 12.5 Å². The molecular weight excluding hydrogens is 222 g/mol. The van der Waals surface area contributed by atoms with Crippen molar-refractivity contribution in [1.82, 2.24) is 0 Å². The number of carbonyl (C=O) groups is 1. The molecule has 90 valence electrons. The third-order valence-electron chi connectivity index (χ3n) is 2.28. The van der Waals surface area contributed by atoms with Gasteiger partial charge in [0.05, 0.1) is 10.8 Å². The van der Waals surface area contributed by atoms with Crippen LogP contribution in [0.2, 0.25) is 0 Å². The van der Waals surface area contributed by atoms with Crippen LogP contribution in [-0.2, 0) is 9.53 Å². The Balaban J connectivity index is 2.84. The van der Waals surface area contributed by atoms with Crippen LogP contribution in [0, 0.1) is 10.1 Å². The third-order valence-corrected chi connectivity index (χ3v) is 2.28. The lowest BCUT2D eigenvalue weighted by Gasteiger charge is -2.10. The Bertz CT molecular complexity index is 442. The third kappa shape index (κ3) is 3.41. The molecule has 0 aliphatic carbocycles. The molecule has 0 amide bonds. The van der Waals surface area contributed by atoms with Gasteiger partial charge in [-0.1, -0.05) is 24.8 Å². The van der Waals surface area contributed by atoms with E-state index in [4.69, 9.17) is 4.74 Å². The zero-order chi connectivity index (χ0) is 12.8. The quantitative estimate of drug-likeness (QED) is 0.340. The number of non-ortho nitro benzene ring substituents is 1. The highest BCUT2D eigenvalue weighted by Gasteiger charge is 2.18. The molecule has 17 heavy (non-hydrogen) atoms. The SMILES string of the molecule is C=CCOC(=O)C(C)c1cccc([N+](=O)[O-])c1. The molecular formula is C12H13NO4. The first-order chi connectivity index (χ1) is 8.06. The average Bonchev–Trinajstić information content (AvgIpc) is 2.35. The van der Waals surface area contributed by atoms with Gasteiger partial charge >= 0.3 is 5.97 Å². The van der Waals surface area contributed by atoms with Crippen molar-refractivity contribution in [3.8, 4) is 0 Å². The predicted octanol–water partition coefficient (Wildman–Crippen LogP) is 2.43. The van der Waals surface area contributed by atoms with Crippen molar-refractivity contribution in [2.75, 3.05) is 6.61 Å². The number of hydrogen-bond donors (Lipinski definition) is 0. The monoisotopic (exact) mass is 235 g/mol. The fourth-order valence-electron chi connectivity index (χ4n) is 1.31. The zero-order valence-corrected chi connectivity index (χ0v) is 9.46. The second-order valence-electron chi connectivity index (χ2n) is 3.49. The van der Waals surface area contributed by atoms with Crippen LogP contribution in [0.1, 0.15) is 18.4 Å². The number of benzene rings is 1. The van der Waals surface area contributed by atoms with E-state index in [-0.39, 0.29) is 12.3 Å². The van der Waals surface area contributed by atoms with E-state index in [0.29, 0.717) is 5.56 Å². The lowest BCUT2D eigenvalue weighted by atomic mass is 10.0. The van der Waals surface area contributed by atoms with Gasteiger partial charge in [0.15, 0.2) is 0 Å². The maximum absolute atomic E-state index is 11.5. The summed E-state index contributed by atoms with van der Waals surface area (Å²) in [6, 6.07) is 5.96. The Morgan fingerprint density at radius 3 is 2.94 bits per heavy atom. The van der Waals surface area contributed by atoms with Crippen LogP contribution >= 0.6 is 0 Å². The van der Waals surface area contributed by atoms with Gasteiger partial charge in [-0.25, -0.2) is 0 Å². The minimum atomic E-state index is -0.533. The first-order valence-corrected chi connectivity index (χ1v) is 5.08. The maximum Gasteiger partial charge on any atom is 0.313 e. The Morgan fingerprint density at radius 2 is 2.35 bits per heavy atom. The van der Waals surface area contributed by atoms with Crippen LogP contribution in [0.5, 0.6) is 0 Å². The summed E-state index contributed by atoms with van der Waals surface area (Å²) in [4.78, 5) is 21.6. The van der Waals surface area contributed by atoms with E-state index in [9.17, 15) is 14.9 Å². The van der Waals surface area contributed by atoms with E-state index < -0.39 is 16.8 Å². The molecule has 5 heteroatoms. The molecule has 1 atom stereocenters. The summed E-state index contributed by atoms with van der Waals surface area (Å²) in [5, 5.41) is 10.6. The molecule has 0 fully saturated rings. The number of esters is 1. The summed E-state index contributed by atoms with van der Waals surface area (Å²) in [6.45, 7) is 5.22. The Morgan fingerprint density at radius 1 is 1.65 bits per heavy atom. The van der Waals surface area contributed by atoms with Crippen molar-refractivity contribution >= 4 is 11.7 Å². The molecule has 1 rings (SSSR count). The number of nitro benzene ring substituents is 1. The minimum Gasteiger partial charge on any atom is -0.461 e. The molecule has 0 aromatic heterocycles. The fraction of sp³-hybridized carbons (Fsp3) is 0.250. The van der Waals surface area contributed by atoms with Crippen LogP contribution in [0.15, 0.2) is 36.9 Å². The lowest BCUT2D eigenvalue weighted by molar-refractivity contribution is -0.384. The Hall–Kier alpha value is -2.17. The molecule has 0 saturated heterocycles. The Kier molecular flexibility index (Phi) is 4.39. The second kappa shape index (κ2) is 5.79. The van der Waals surface area contributed by atoms with Crippen molar-refractivity contribution in [2.24, 2.45) is 0 Å². The second-order valence-corrected chi connectivity index (χ2v) is 3.49. The first kappa shape index (κ1) is 12.9. The minimum absolute atomic E-state index is 0.0362. The van der Waals surface area contributed by atoms with Gasteiger partial charge in [-0.15, -0.1) is 0 Å². The molecule has 0 heterocycles. The molecule has 1 unspecified atom stereocenters. The van der Waals surface area contributed by atoms with Crippen molar-refractivity contribution in [2.45, 2.75) is 12.8 Å². The van der Waals surface area contributed by atoms with Crippen molar-refractivity contribution < 1.29 is 14.5 Å². The molecule has 0 N–H and O–H groups in total. The summed E-state index contributed by atoms with van der Waals surface area (Å²) in [5.74, 6) is -0.958. The normalized spacial score (nSPS) is 11.6. The molecule has 0 radical (unpaired) electrons. The van der Waals surface area contributed by atoms with Gasteiger partial charge in [0.2, 0.25) is 0 Å². The lowest BCUT2D eigenvalue weighted by Crippen LogP contribution is -2.13. The standard InChI is InChI=1S/C12H13NO4/c1-3-7-17-12(14)9(2)10-5-4-6-11(8-10)13(15)16/h3-6,8-9H,1,7H2,2H3. The number of nitro groups is 1. The highest BCUT2D eigenvalue weighted by molar-refractivity contribution is 5.78. The number of nitrogens with zero attached hydrogens (tertiary/aromatic N) is 1. The molecule has 0 bridgehead atoms. The van der Waals surface area contributed by atoms with Crippen LogP contribution in [0.25, 0.3) is 0 Å². The van der Waals surface area contributed by atoms with E-state index in [2.05, 4.69) is 6.58 Å². The largest absolute Gasteiger partial charge is 0.461 e. The molecule has 0 spiro atoms. The van der Waals surface area contributed by atoms with Crippen LogP contribution in [-0.4, -0.2) is 17.5 Å². The zero-order valence-electron chi connectivity index (χ0n) is 9.46. The topological polar surface area (TPSA) is 69.4 Å². The van der Waals surface area contributed by atoms with Gasteiger partial charge in [0, 0.05) is 12.1 Å². The molecule has 0 saturated carbocycles. The molecule has 0 aliphatic heterocycles. The number of hydrogen-bond acceptors (Lipinski definition) is 4.